The summed E-state index contributed by atoms with van der Waals surface area (Å²) in [6.07, 6.45) is 0. The number of rotatable bonds is 9. The number of carbonyl (C=O) groups is 1. The molecule has 7 nitrogen and oxygen atoms in total. The van der Waals surface area contributed by atoms with E-state index in [0.717, 1.165) is 50.4 Å². The van der Waals surface area contributed by atoms with E-state index in [0.29, 0.717) is 12.3 Å². The van der Waals surface area contributed by atoms with Crippen molar-refractivity contribution in [3.63, 3.8) is 0 Å². The summed E-state index contributed by atoms with van der Waals surface area (Å²) in [5, 5.41) is 6.91. The number of nitrogens with one attached hydrogen (secondary N) is 1. The molecule has 2 aromatic carbocycles. The molecule has 1 amide bonds. The molecule has 2 heterocycles. The number of carbonyl (C=O) groups excluding carboxylic acids is 1. The quantitative estimate of drug-likeness (QED) is 0.482. The topological polar surface area (TPSA) is 87.6 Å². The molecule has 0 spiro atoms. The third-order valence-corrected chi connectivity index (χ3v) is 5.86. The summed E-state index contributed by atoms with van der Waals surface area (Å²) in [7, 11) is 0. The van der Waals surface area contributed by atoms with E-state index in [1.165, 1.54) is 24.3 Å². The zero-order valence-corrected chi connectivity index (χ0v) is 18.2. The summed E-state index contributed by atoms with van der Waals surface area (Å²) in [5.74, 6) is -0.590. The van der Waals surface area contributed by atoms with Crippen LogP contribution in [0.1, 0.15) is 33.4 Å². The standard InChI is InChI=1S/C24H27F2N5O2/c25-19-5-1-17(2-6-19)23(18-3-7-20(26)8-4-18)31-13-11-30(12-14-31)10-9-28-16-21-15-22(24(27)32)29-33-21/h1-8,15,23,28H,9-14,16H2,(H2,27,32). The van der Waals surface area contributed by atoms with E-state index in [-0.39, 0.29) is 23.4 Å². The Morgan fingerprint density at radius 2 is 1.58 bits per heavy atom. The summed E-state index contributed by atoms with van der Waals surface area (Å²) in [6, 6.07) is 14.5. The van der Waals surface area contributed by atoms with Gasteiger partial charge in [0.05, 0.1) is 12.6 Å². The average Bonchev–Trinajstić information content (AvgIpc) is 3.30. The molecule has 1 fully saturated rings. The minimum Gasteiger partial charge on any atom is -0.364 e. The Morgan fingerprint density at radius 1 is 1.00 bits per heavy atom. The normalized spacial score (nSPS) is 15.2. The number of amides is 1. The maximum atomic E-state index is 13.5. The molecule has 1 aromatic heterocycles. The van der Waals surface area contributed by atoms with Gasteiger partial charge in [0.15, 0.2) is 11.5 Å². The molecule has 0 saturated carbocycles. The first-order valence-corrected chi connectivity index (χ1v) is 10.9. The summed E-state index contributed by atoms with van der Waals surface area (Å²) in [4.78, 5) is 15.8. The van der Waals surface area contributed by atoms with Crippen molar-refractivity contribution in [2.45, 2.75) is 12.6 Å². The highest BCUT2D eigenvalue weighted by Crippen LogP contribution is 2.30. The lowest BCUT2D eigenvalue weighted by Crippen LogP contribution is -2.49. The van der Waals surface area contributed by atoms with Gasteiger partial charge in [0.2, 0.25) is 0 Å². The van der Waals surface area contributed by atoms with Crippen molar-refractivity contribution in [3.05, 3.63) is 88.8 Å². The highest BCUT2D eigenvalue weighted by Gasteiger charge is 2.26. The third kappa shape index (κ3) is 6.01. The Morgan fingerprint density at radius 3 is 2.09 bits per heavy atom. The second-order valence-corrected chi connectivity index (χ2v) is 8.10. The zero-order chi connectivity index (χ0) is 23.2. The SMILES string of the molecule is NC(=O)c1cc(CNCCN2CCN(C(c3ccc(F)cc3)c3ccc(F)cc3)CC2)on1. The number of hydrogen-bond acceptors (Lipinski definition) is 6. The summed E-state index contributed by atoms with van der Waals surface area (Å²) in [6.45, 7) is 5.53. The number of hydrogen-bond donors (Lipinski definition) is 2. The van der Waals surface area contributed by atoms with Crippen LogP contribution < -0.4 is 11.1 Å². The van der Waals surface area contributed by atoms with Gasteiger partial charge in [-0.15, -0.1) is 0 Å². The zero-order valence-electron chi connectivity index (χ0n) is 18.2. The molecule has 0 unspecified atom stereocenters. The molecule has 0 aliphatic carbocycles. The Labute approximate surface area is 191 Å². The van der Waals surface area contributed by atoms with Crippen molar-refractivity contribution in [2.24, 2.45) is 5.73 Å². The molecule has 0 bridgehead atoms. The number of nitrogens with zero attached hydrogens (tertiary/aromatic N) is 3. The lowest BCUT2D eigenvalue weighted by molar-refractivity contribution is 0.0991. The Kier molecular flexibility index (Phi) is 7.43. The van der Waals surface area contributed by atoms with Crippen LogP contribution in [0.3, 0.4) is 0 Å². The van der Waals surface area contributed by atoms with Crippen molar-refractivity contribution in [1.82, 2.24) is 20.3 Å². The molecule has 33 heavy (non-hydrogen) atoms. The van der Waals surface area contributed by atoms with Crippen molar-refractivity contribution >= 4 is 5.91 Å². The lowest BCUT2D eigenvalue weighted by Gasteiger charge is -2.39. The van der Waals surface area contributed by atoms with Gasteiger partial charge < -0.3 is 15.6 Å². The minimum absolute atomic E-state index is 0.0580. The van der Waals surface area contributed by atoms with Gasteiger partial charge in [0.25, 0.3) is 5.91 Å². The Hall–Kier alpha value is -3.14. The summed E-state index contributed by atoms with van der Waals surface area (Å²) in [5.41, 5.74) is 7.27. The Bertz CT molecular complexity index is 1000. The largest absolute Gasteiger partial charge is 0.364 e. The molecular weight excluding hydrogens is 428 g/mol. The molecule has 3 N–H and O–H groups in total. The van der Waals surface area contributed by atoms with Gasteiger partial charge in [-0.1, -0.05) is 29.4 Å². The molecule has 1 saturated heterocycles. The second kappa shape index (κ2) is 10.7. The Balaban J connectivity index is 1.31. The van der Waals surface area contributed by atoms with Gasteiger partial charge >= 0.3 is 0 Å². The number of halogens is 2. The number of primary amides is 1. The molecule has 1 aliphatic rings. The van der Waals surface area contributed by atoms with E-state index in [2.05, 4.69) is 20.3 Å². The first kappa shape index (κ1) is 23.0. The van der Waals surface area contributed by atoms with Crippen LogP contribution >= 0.6 is 0 Å². The van der Waals surface area contributed by atoms with Crippen LogP contribution in [0.25, 0.3) is 0 Å². The fourth-order valence-electron chi connectivity index (χ4n) is 4.11. The van der Waals surface area contributed by atoms with Gasteiger partial charge in [0, 0.05) is 45.3 Å². The van der Waals surface area contributed by atoms with E-state index in [9.17, 15) is 13.6 Å². The van der Waals surface area contributed by atoms with Crippen LogP contribution in [0.5, 0.6) is 0 Å². The van der Waals surface area contributed by atoms with Crippen LogP contribution in [-0.4, -0.2) is 60.1 Å². The van der Waals surface area contributed by atoms with Gasteiger partial charge in [-0.2, -0.15) is 0 Å². The van der Waals surface area contributed by atoms with E-state index in [1.54, 1.807) is 30.3 Å². The maximum absolute atomic E-state index is 13.5. The number of piperazine rings is 1. The van der Waals surface area contributed by atoms with E-state index in [4.69, 9.17) is 10.3 Å². The molecule has 1 aliphatic heterocycles. The monoisotopic (exact) mass is 455 g/mol. The van der Waals surface area contributed by atoms with Gasteiger partial charge in [0.1, 0.15) is 11.6 Å². The van der Waals surface area contributed by atoms with E-state index >= 15 is 0 Å². The molecule has 9 heteroatoms. The first-order chi connectivity index (χ1) is 16.0. The molecule has 174 valence electrons. The molecule has 3 aromatic rings. The number of nitrogens with two attached hydrogens (primary N) is 1. The average molecular weight is 456 g/mol. The number of aromatic nitrogens is 1. The van der Waals surface area contributed by atoms with Crippen LogP contribution in [-0.2, 0) is 6.54 Å². The lowest BCUT2D eigenvalue weighted by atomic mass is 9.96. The van der Waals surface area contributed by atoms with Gasteiger partial charge in [-0.3, -0.25) is 14.6 Å². The van der Waals surface area contributed by atoms with Crippen LogP contribution in [0.4, 0.5) is 8.78 Å². The van der Waals surface area contributed by atoms with E-state index < -0.39 is 5.91 Å². The van der Waals surface area contributed by atoms with Crippen LogP contribution in [0, 0.1) is 11.6 Å². The molecule has 0 radical (unpaired) electrons. The van der Waals surface area contributed by atoms with Crippen molar-refractivity contribution in [3.8, 4) is 0 Å². The molecule has 4 rings (SSSR count). The predicted molar refractivity (Wildman–Crippen MR) is 119 cm³/mol. The smallest absolute Gasteiger partial charge is 0.270 e. The van der Waals surface area contributed by atoms with E-state index in [1.807, 2.05) is 0 Å². The highest BCUT2D eigenvalue weighted by molar-refractivity contribution is 5.90. The van der Waals surface area contributed by atoms with Crippen molar-refractivity contribution < 1.29 is 18.1 Å². The van der Waals surface area contributed by atoms with Crippen molar-refractivity contribution in [2.75, 3.05) is 39.3 Å². The minimum atomic E-state index is -0.609. The highest BCUT2D eigenvalue weighted by atomic mass is 19.1. The fourth-order valence-corrected chi connectivity index (χ4v) is 4.11. The molecule has 0 atom stereocenters. The van der Waals surface area contributed by atoms with Gasteiger partial charge in [-0.25, -0.2) is 8.78 Å². The predicted octanol–water partition coefficient (Wildman–Crippen LogP) is 2.55. The van der Waals surface area contributed by atoms with Crippen LogP contribution in [0.2, 0.25) is 0 Å². The second-order valence-electron chi connectivity index (χ2n) is 8.10. The first-order valence-electron chi connectivity index (χ1n) is 10.9. The summed E-state index contributed by atoms with van der Waals surface area (Å²) >= 11 is 0. The number of benzene rings is 2. The fraction of sp³-hybridized carbons (Fsp3) is 0.333. The van der Waals surface area contributed by atoms with Crippen LogP contribution in [0.15, 0.2) is 59.1 Å². The van der Waals surface area contributed by atoms with Crippen molar-refractivity contribution in [1.29, 1.82) is 0 Å². The van der Waals surface area contributed by atoms with Gasteiger partial charge in [-0.05, 0) is 35.4 Å². The molecular formula is C24H27F2N5O2. The summed E-state index contributed by atoms with van der Waals surface area (Å²) < 4.78 is 32.0. The maximum Gasteiger partial charge on any atom is 0.270 e. The third-order valence-electron chi connectivity index (χ3n) is 5.86.